The summed E-state index contributed by atoms with van der Waals surface area (Å²) in [6.07, 6.45) is 9.99. The maximum Gasteiger partial charge on any atom is 0.314 e. The van der Waals surface area contributed by atoms with Crippen molar-refractivity contribution in [3.8, 4) is 0 Å². The van der Waals surface area contributed by atoms with Gasteiger partial charge in [-0.15, -0.1) is 0 Å². The minimum absolute atomic E-state index is 0.0166. The number of para-hydroxylation sites is 1. The molecule has 0 heterocycles. The van der Waals surface area contributed by atoms with Gasteiger partial charge in [0, 0.05) is 6.54 Å². The van der Waals surface area contributed by atoms with E-state index in [1.165, 1.54) is 38.5 Å². The van der Waals surface area contributed by atoms with Gasteiger partial charge in [0.15, 0.2) is 0 Å². The van der Waals surface area contributed by atoms with Gasteiger partial charge >= 0.3 is 5.69 Å². The molecule has 0 saturated carbocycles. The number of benzene rings is 1. The topological polar surface area (TPSA) is 81.2 Å². The Hall–Kier alpha value is -1.78. The van der Waals surface area contributed by atoms with Gasteiger partial charge in [0.2, 0.25) is 0 Å². The minimum Gasteiger partial charge on any atom is -0.393 e. The Balaban J connectivity index is 2.21. The van der Waals surface area contributed by atoms with Crippen molar-refractivity contribution < 1.29 is 4.92 Å². The summed E-state index contributed by atoms with van der Waals surface area (Å²) in [6, 6.07) is 5.00. The van der Waals surface area contributed by atoms with E-state index >= 15 is 0 Å². The number of hydrogen-bond donors (Lipinski definition) is 2. The summed E-state index contributed by atoms with van der Waals surface area (Å²) in [5, 5.41) is 14.1. The van der Waals surface area contributed by atoms with E-state index in [-0.39, 0.29) is 11.4 Å². The van der Waals surface area contributed by atoms with Gasteiger partial charge in [-0.05, 0) is 18.6 Å². The Labute approximate surface area is 127 Å². The van der Waals surface area contributed by atoms with Crippen LogP contribution in [0.5, 0.6) is 0 Å². The fourth-order valence-corrected chi connectivity index (χ4v) is 2.39. The largest absolute Gasteiger partial charge is 0.393 e. The van der Waals surface area contributed by atoms with Crippen molar-refractivity contribution in [1.29, 1.82) is 0 Å². The van der Waals surface area contributed by atoms with E-state index in [1.54, 1.807) is 18.2 Å². The second-order valence-electron chi connectivity index (χ2n) is 5.40. The van der Waals surface area contributed by atoms with Crippen LogP contribution in [-0.2, 0) is 0 Å². The number of unbranched alkanes of at least 4 members (excludes halogenated alkanes) is 7. The molecular formula is C16H27N3O2. The standard InChI is InChI=1S/C16H27N3O2/c1-2-3-4-5-6-7-8-9-13-18-15-12-10-11-14(17)16(15)19(20)21/h10-12,18H,2-9,13,17H2,1H3. The molecule has 0 saturated heterocycles. The molecule has 1 rings (SSSR count). The van der Waals surface area contributed by atoms with E-state index < -0.39 is 4.92 Å². The summed E-state index contributed by atoms with van der Waals surface area (Å²) in [7, 11) is 0. The number of nitrogen functional groups attached to an aromatic ring is 1. The number of nitro groups is 1. The van der Waals surface area contributed by atoms with Gasteiger partial charge in [0.05, 0.1) is 4.92 Å². The molecule has 1 aromatic rings. The first kappa shape index (κ1) is 17.3. The molecule has 21 heavy (non-hydrogen) atoms. The third-order valence-corrected chi connectivity index (χ3v) is 3.60. The van der Waals surface area contributed by atoms with Crippen LogP contribution in [0.15, 0.2) is 18.2 Å². The van der Waals surface area contributed by atoms with Crippen molar-refractivity contribution in [3.05, 3.63) is 28.3 Å². The van der Waals surface area contributed by atoms with E-state index in [0.717, 1.165) is 19.4 Å². The summed E-state index contributed by atoms with van der Waals surface area (Å²) >= 11 is 0. The molecule has 0 bridgehead atoms. The van der Waals surface area contributed by atoms with Crippen molar-refractivity contribution in [3.63, 3.8) is 0 Å². The van der Waals surface area contributed by atoms with Gasteiger partial charge in [0.1, 0.15) is 11.4 Å². The van der Waals surface area contributed by atoms with Crippen molar-refractivity contribution in [2.45, 2.75) is 58.3 Å². The Morgan fingerprint density at radius 3 is 2.33 bits per heavy atom. The predicted octanol–water partition coefficient (Wildman–Crippen LogP) is 4.73. The lowest BCUT2D eigenvalue weighted by Crippen LogP contribution is -2.06. The predicted molar refractivity (Wildman–Crippen MR) is 88.6 cm³/mol. The average molecular weight is 293 g/mol. The SMILES string of the molecule is CCCCCCCCCCNc1cccc(N)c1[N+](=O)[O-]. The molecule has 0 radical (unpaired) electrons. The quantitative estimate of drug-likeness (QED) is 0.267. The zero-order chi connectivity index (χ0) is 15.5. The summed E-state index contributed by atoms with van der Waals surface area (Å²) in [4.78, 5) is 10.6. The van der Waals surface area contributed by atoms with Crippen LogP contribution >= 0.6 is 0 Å². The Morgan fingerprint density at radius 2 is 1.71 bits per heavy atom. The fraction of sp³-hybridized carbons (Fsp3) is 0.625. The van der Waals surface area contributed by atoms with Crippen LogP contribution in [0, 0.1) is 10.1 Å². The highest BCUT2D eigenvalue weighted by molar-refractivity contribution is 5.74. The first-order chi connectivity index (χ1) is 10.2. The highest BCUT2D eigenvalue weighted by atomic mass is 16.6. The van der Waals surface area contributed by atoms with Crippen LogP contribution in [0.1, 0.15) is 58.3 Å². The number of nitrogens with one attached hydrogen (secondary N) is 1. The van der Waals surface area contributed by atoms with Gasteiger partial charge < -0.3 is 11.1 Å². The third kappa shape index (κ3) is 6.47. The first-order valence-electron chi connectivity index (χ1n) is 7.93. The number of nitrogens with zero attached hydrogens (tertiary/aromatic N) is 1. The Bertz CT molecular complexity index is 436. The summed E-state index contributed by atoms with van der Waals surface area (Å²) < 4.78 is 0. The van der Waals surface area contributed by atoms with E-state index in [9.17, 15) is 10.1 Å². The smallest absolute Gasteiger partial charge is 0.314 e. The molecule has 0 aliphatic heterocycles. The number of hydrogen-bond acceptors (Lipinski definition) is 4. The van der Waals surface area contributed by atoms with Crippen LogP contribution in [0.2, 0.25) is 0 Å². The summed E-state index contributed by atoms with van der Waals surface area (Å²) in [5.74, 6) is 0. The monoisotopic (exact) mass is 293 g/mol. The zero-order valence-corrected chi connectivity index (χ0v) is 12.9. The van der Waals surface area contributed by atoms with E-state index in [0.29, 0.717) is 5.69 Å². The van der Waals surface area contributed by atoms with Crippen molar-refractivity contribution in [2.24, 2.45) is 0 Å². The second-order valence-corrected chi connectivity index (χ2v) is 5.40. The van der Waals surface area contributed by atoms with Crippen molar-refractivity contribution in [2.75, 3.05) is 17.6 Å². The van der Waals surface area contributed by atoms with E-state index in [4.69, 9.17) is 5.73 Å². The number of rotatable bonds is 11. The number of nitro benzene ring substituents is 1. The fourth-order valence-electron chi connectivity index (χ4n) is 2.39. The van der Waals surface area contributed by atoms with E-state index in [2.05, 4.69) is 12.2 Å². The van der Waals surface area contributed by atoms with E-state index in [1.807, 2.05) is 0 Å². The average Bonchev–Trinajstić information content (AvgIpc) is 2.45. The maximum absolute atomic E-state index is 11.0. The van der Waals surface area contributed by atoms with Crippen LogP contribution in [0.3, 0.4) is 0 Å². The molecule has 0 amide bonds. The first-order valence-corrected chi connectivity index (χ1v) is 7.93. The molecule has 0 spiro atoms. The van der Waals surface area contributed by atoms with Gasteiger partial charge in [-0.2, -0.15) is 0 Å². The van der Waals surface area contributed by atoms with Gasteiger partial charge in [-0.1, -0.05) is 57.9 Å². The highest BCUT2D eigenvalue weighted by Gasteiger charge is 2.16. The Kier molecular flexibility index (Phi) is 8.24. The molecule has 0 atom stereocenters. The number of nitrogens with two attached hydrogens (primary N) is 1. The third-order valence-electron chi connectivity index (χ3n) is 3.60. The van der Waals surface area contributed by atoms with Gasteiger partial charge in [-0.25, -0.2) is 0 Å². The molecular weight excluding hydrogens is 266 g/mol. The maximum atomic E-state index is 11.0. The minimum atomic E-state index is -0.425. The van der Waals surface area contributed by atoms with Crippen LogP contribution in [0.4, 0.5) is 17.1 Å². The van der Waals surface area contributed by atoms with Gasteiger partial charge in [0.25, 0.3) is 0 Å². The number of anilines is 2. The normalized spacial score (nSPS) is 10.5. The molecule has 0 unspecified atom stereocenters. The molecule has 5 nitrogen and oxygen atoms in total. The molecule has 118 valence electrons. The lowest BCUT2D eigenvalue weighted by molar-refractivity contribution is -0.383. The zero-order valence-electron chi connectivity index (χ0n) is 12.9. The highest BCUT2D eigenvalue weighted by Crippen LogP contribution is 2.30. The Morgan fingerprint density at radius 1 is 1.10 bits per heavy atom. The van der Waals surface area contributed by atoms with Crippen molar-refractivity contribution >= 4 is 17.1 Å². The molecule has 3 N–H and O–H groups in total. The summed E-state index contributed by atoms with van der Waals surface area (Å²) in [6.45, 7) is 2.97. The van der Waals surface area contributed by atoms with Crippen LogP contribution < -0.4 is 11.1 Å². The molecule has 5 heteroatoms. The lowest BCUT2D eigenvalue weighted by atomic mass is 10.1. The van der Waals surface area contributed by atoms with Crippen LogP contribution in [-0.4, -0.2) is 11.5 Å². The molecule has 0 fully saturated rings. The molecule has 1 aromatic carbocycles. The van der Waals surface area contributed by atoms with Crippen LogP contribution in [0.25, 0.3) is 0 Å². The lowest BCUT2D eigenvalue weighted by Gasteiger charge is -2.08. The van der Waals surface area contributed by atoms with Crippen molar-refractivity contribution in [1.82, 2.24) is 0 Å². The molecule has 0 aliphatic carbocycles. The summed E-state index contributed by atoms with van der Waals surface area (Å²) in [5.41, 5.74) is 6.36. The molecule has 0 aliphatic rings. The molecule has 0 aromatic heterocycles. The second kappa shape index (κ2) is 10.0. The van der Waals surface area contributed by atoms with Gasteiger partial charge in [-0.3, -0.25) is 10.1 Å².